The molecule has 0 aliphatic carbocycles. The van der Waals surface area contributed by atoms with E-state index in [4.69, 9.17) is 9.47 Å². The van der Waals surface area contributed by atoms with Crippen molar-refractivity contribution >= 4 is 22.1 Å². The van der Waals surface area contributed by atoms with Crippen LogP contribution in [0.3, 0.4) is 0 Å². The number of carbonyl (C=O) groups is 2. The molecule has 0 aliphatic rings. The van der Waals surface area contributed by atoms with Gasteiger partial charge in [0.05, 0.1) is 13.2 Å². The molecule has 0 saturated carbocycles. The van der Waals surface area contributed by atoms with Gasteiger partial charge in [-0.15, -0.1) is 6.58 Å². The number of unbranched alkanes of at least 4 members (excludes halogenated alkanes) is 2. The first kappa shape index (κ1) is 31.8. The van der Waals surface area contributed by atoms with Gasteiger partial charge in [0, 0.05) is 0 Å². The normalized spacial score (nSPS) is 15.2. The fourth-order valence-corrected chi connectivity index (χ4v) is 3.68. The van der Waals surface area contributed by atoms with Crippen LogP contribution >= 0.6 is 0 Å². The molecule has 7 nitrogen and oxygen atoms in total. The Morgan fingerprint density at radius 1 is 0.933 bits per heavy atom. The number of carbonyl (C=O) groups excluding carboxylic acids is 2. The summed E-state index contributed by atoms with van der Waals surface area (Å²) in [5.74, 6) is -2.84. The van der Waals surface area contributed by atoms with E-state index >= 15 is 0 Å². The van der Waals surface area contributed by atoms with E-state index in [9.17, 15) is 22.6 Å². The fraction of sp³-hybridized carbons (Fsp3) is 0.810. The quantitative estimate of drug-likeness (QED) is 0.112. The Kier molecular flexibility index (Phi) is 17.2. The monoisotopic (exact) mass is 456 g/mol. The minimum atomic E-state index is -5.44. The third kappa shape index (κ3) is 9.39. The van der Waals surface area contributed by atoms with E-state index < -0.39 is 26.8 Å². The van der Waals surface area contributed by atoms with Crippen molar-refractivity contribution in [2.75, 3.05) is 13.2 Å². The maximum atomic E-state index is 12.6. The molecule has 0 amide bonds. The predicted octanol–water partition coefficient (Wildman–Crippen LogP) is 0.980. The topological polar surface area (TPSA) is 110 Å². The van der Waals surface area contributed by atoms with Gasteiger partial charge in [0.1, 0.15) is 10.1 Å². The predicted molar refractivity (Wildman–Crippen MR) is 111 cm³/mol. The average Bonchev–Trinajstić information content (AvgIpc) is 2.68. The molecule has 0 heterocycles. The molecule has 0 bridgehead atoms. The van der Waals surface area contributed by atoms with Gasteiger partial charge in [0.15, 0.2) is 0 Å². The van der Waals surface area contributed by atoms with Crippen molar-refractivity contribution in [3.05, 3.63) is 12.7 Å². The largest absolute Gasteiger partial charge is 1.00 e. The Morgan fingerprint density at radius 2 is 1.30 bits per heavy atom. The van der Waals surface area contributed by atoms with Crippen molar-refractivity contribution < 1.29 is 61.6 Å². The van der Waals surface area contributed by atoms with Crippen molar-refractivity contribution in [2.45, 2.75) is 83.8 Å². The maximum Gasteiger partial charge on any atom is 1.00 e. The second-order valence-corrected chi connectivity index (χ2v) is 8.98. The molecule has 2 unspecified atom stereocenters. The summed E-state index contributed by atoms with van der Waals surface area (Å²) in [5, 5.41) is 0. The molecular formula is C21H37NaO7S. The van der Waals surface area contributed by atoms with Crippen LogP contribution in [0.2, 0.25) is 0 Å². The maximum absolute atomic E-state index is 12.6. The summed E-state index contributed by atoms with van der Waals surface area (Å²) >= 11 is 0. The zero-order valence-corrected chi connectivity index (χ0v) is 22.1. The zero-order chi connectivity index (χ0) is 22.5. The van der Waals surface area contributed by atoms with Crippen LogP contribution in [0.5, 0.6) is 0 Å². The van der Waals surface area contributed by atoms with Gasteiger partial charge < -0.3 is 14.0 Å². The van der Waals surface area contributed by atoms with Crippen LogP contribution in [0.25, 0.3) is 0 Å². The smallest absolute Gasteiger partial charge is 0.746 e. The summed E-state index contributed by atoms with van der Waals surface area (Å²) in [4.78, 5) is 25.2. The zero-order valence-electron chi connectivity index (χ0n) is 19.3. The summed E-state index contributed by atoms with van der Waals surface area (Å²) in [5.41, 5.74) is 0. The van der Waals surface area contributed by atoms with Crippen LogP contribution in [0, 0.1) is 11.8 Å². The summed E-state index contributed by atoms with van der Waals surface area (Å²) in [6.07, 6.45) is 7.37. The number of rotatable bonds is 16. The van der Waals surface area contributed by atoms with Crippen LogP contribution in [0.1, 0.15) is 79.1 Å². The number of esters is 2. The van der Waals surface area contributed by atoms with Gasteiger partial charge in [-0.3, -0.25) is 0 Å². The minimum absolute atomic E-state index is 0. The molecule has 170 valence electrons. The molecule has 0 aliphatic heterocycles. The molecule has 0 fully saturated rings. The van der Waals surface area contributed by atoms with Crippen LogP contribution < -0.4 is 29.6 Å². The fourth-order valence-electron chi connectivity index (χ4n) is 2.95. The van der Waals surface area contributed by atoms with Crippen molar-refractivity contribution in [3.8, 4) is 0 Å². The van der Waals surface area contributed by atoms with Gasteiger partial charge in [0.2, 0.25) is 0 Å². The molecule has 0 aromatic heterocycles. The molecule has 0 radical (unpaired) electrons. The van der Waals surface area contributed by atoms with Crippen LogP contribution in [0.4, 0.5) is 0 Å². The Hall–Kier alpha value is -0.410. The van der Waals surface area contributed by atoms with E-state index in [1.54, 1.807) is 0 Å². The Labute approximate surface area is 204 Å². The Bertz CT molecular complexity index is 587. The summed E-state index contributed by atoms with van der Waals surface area (Å²) < 4.78 is 42.9. The molecule has 0 N–H and O–H groups in total. The van der Waals surface area contributed by atoms with E-state index in [1.807, 2.05) is 27.7 Å². The van der Waals surface area contributed by atoms with Crippen LogP contribution in [-0.4, -0.2) is 42.9 Å². The number of hydrogen-bond acceptors (Lipinski definition) is 7. The van der Waals surface area contributed by atoms with Crippen molar-refractivity contribution in [1.29, 1.82) is 0 Å². The van der Waals surface area contributed by atoms with Crippen LogP contribution in [-0.2, 0) is 29.2 Å². The van der Waals surface area contributed by atoms with E-state index in [2.05, 4.69) is 6.58 Å². The molecule has 0 rings (SSSR count). The van der Waals surface area contributed by atoms with Crippen molar-refractivity contribution in [1.82, 2.24) is 0 Å². The van der Waals surface area contributed by atoms with Gasteiger partial charge in [-0.1, -0.05) is 66.2 Å². The summed E-state index contributed by atoms with van der Waals surface area (Å²) in [6, 6.07) is 0. The first-order valence-electron chi connectivity index (χ1n) is 10.6. The molecule has 2 atom stereocenters. The van der Waals surface area contributed by atoms with Crippen molar-refractivity contribution in [2.24, 2.45) is 11.8 Å². The summed E-state index contributed by atoms with van der Waals surface area (Å²) in [7, 11) is -5.44. The molecule has 0 spiro atoms. The molecule has 0 saturated heterocycles. The molecule has 9 heteroatoms. The van der Waals surface area contributed by atoms with E-state index in [0.717, 1.165) is 51.4 Å². The molecule has 0 aromatic rings. The van der Waals surface area contributed by atoms with Crippen molar-refractivity contribution in [3.63, 3.8) is 0 Å². The average molecular weight is 457 g/mol. The SMILES string of the molecule is C=CC(C(=O)OCC(CC)CCCC)(C(=O)OCC(CC)CCCC)S(=O)(=O)[O-].[Na+]. The molecular weight excluding hydrogens is 419 g/mol. The number of hydrogen-bond donors (Lipinski definition) is 0. The standard InChI is InChI=1S/C21H38O7S.Na/c1-6-11-13-17(8-3)15-27-19(22)21(10-5,29(24,25)26)20(23)28-16-18(9-4)14-12-7-2;/h10,17-18H,5-9,11-16H2,1-4H3,(H,24,25,26);/q;+1/p-1. The third-order valence-electron chi connectivity index (χ3n) is 5.28. The summed E-state index contributed by atoms with van der Waals surface area (Å²) in [6.45, 7) is 11.0. The molecule has 30 heavy (non-hydrogen) atoms. The van der Waals surface area contributed by atoms with Gasteiger partial charge >= 0.3 is 41.5 Å². The Morgan fingerprint density at radius 3 is 1.53 bits per heavy atom. The van der Waals surface area contributed by atoms with Crippen LogP contribution in [0.15, 0.2) is 12.7 Å². The second kappa shape index (κ2) is 16.3. The van der Waals surface area contributed by atoms with Gasteiger partial charge in [-0.25, -0.2) is 18.0 Å². The molecule has 0 aromatic carbocycles. The first-order chi connectivity index (χ1) is 13.6. The van der Waals surface area contributed by atoms with E-state index in [0.29, 0.717) is 6.08 Å². The Balaban J connectivity index is 0. The van der Waals surface area contributed by atoms with Gasteiger partial charge in [-0.05, 0) is 30.8 Å². The first-order valence-corrected chi connectivity index (χ1v) is 12.0. The van der Waals surface area contributed by atoms with E-state index in [-0.39, 0.29) is 54.6 Å². The van der Waals surface area contributed by atoms with E-state index in [1.165, 1.54) is 0 Å². The third-order valence-corrected chi connectivity index (χ3v) is 6.56. The number of ether oxygens (including phenoxy) is 2. The second-order valence-electron chi connectivity index (χ2n) is 7.42. The van der Waals surface area contributed by atoms with Gasteiger partial charge in [0.25, 0.3) is 4.75 Å². The minimum Gasteiger partial charge on any atom is -0.746 e. The van der Waals surface area contributed by atoms with Gasteiger partial charge in [-0.2, -0.15) is 0 Å².